The van der Waals surface area contributed by atoms with Gasteiger partial charge in [0.1, 0.15) is 0 Å². The van der Waals surface area contributed by atoms with Crippen LogP contribution in [0.3, 0.4) is 0 Å². The SMILES string of the molecule is CO[C@H]1CC[C@H](CC(=O)N[C@H]2CC[C@H](CCN3CCN(c4noc5cc(Cl)c(Cl)cc45)CC3)CC2)CC1. The van der Waals surface area contributed by atoms with Crippen molar-refractivity contribution in [3.8, 4) is 0 Å². The molecule has 3 aliphatic rings. The minimum atomic E-state index is 0.257. The van der Waals surface area contributed by atoms with Gasteiger partial charge in [0.25, 0.3) is 0 Å². The summed E-state index contributed by atoms with van der Waals surface area (Å²) >= 11 is 12.3. The number of amides is 1. The first kappa shape index (κ1) is 27.0. The number of anilines is 1. The van der Waals surface area contributed by atoms with Gasteiger partial charge in [0.2, 0.25) is 5.91 Å². The van der Waals surface area contributed by atoms with Crippen LogP contribution >= 0.6 is 23.2 Å². The Balaban J connectivity index is 0.985. The van der Waals surface area contributed by atoms with Gasteiger partial charge in [-0.2, -0.15) is 0 Å². The number of nitrogens with zero attached hydrogens (tertiary/aromatic N) is 3. The average molecular weight is 552 g/mol. The summed E-state index contributed by atoms with van der Waals surface area (Å²) in [6.07, 6.45) is 11.4. The fourth-order valence-electron chi connectivity index (χ4n) is 6.41. The number of ether oxygens (including phenoxy) is 1. The number of nitrogens with one attached hydrogen (secondary N) is 1. The van der Waals surface area contributed by atoms with E-state index in [1.54, 1.807) is 13.2 Å². The zero-order valence-corrected chi connectivity index (χ0v) is 23.4. The lowest BCUT2D eigenvalue weighted by Crippen LogP contribution is -2.47. The third-order valence-electron chi connectivity index (χ3n) is 8.83. The summed E-state index contributed by atoms with van der Waals surface area (Å²) in [4.78, 5) is 17.4. The fraction of sp³-hybridized carbons (Fsp3) is 0.714. The summed E-state index contributed by atoms with van der Waals surface area (Å²) in [5, 5.41) is 9.56. The highest BCUT2D eigenvalue weighted by Gasteiger charge is 2.27. The molecule has 1 aromatic carbocycles. The third kappa shape index (κ3) is 6.92. The van der Waals surface area contributed by atoms with Gasteiger partial charge in [-0.1, -0.05) is 28.4 Å². The van der Waals surface area contributed by atoms with Gasteiger partial charge in [-0.25, -0.2) is 0 Å². The maximum Gasteiger partial charge on any atom is 0.220 e. The van der Waals surface area contributed by atoms with Crippen molar-refractivity contribution in [2.75, 3.05) is 44.7 Å². The topological polar surface area (TPSA) is 70.8 Å². The van der Waals surface area contributed by atoms with Crippen molar-refractivity contribution in [3.05, 3.63) is 22.2 Å². The predicted octanol–water partition coefficient (Wildman–Crippen LogP) is 5.92. The number of carbonyl (C=O) groups is 1. The Labute approximate surface area is 230 Å². The van der Waals surface area contributed by atoms with Crippen LogP contribution in [-0.4, -0.2) is 67.9 Å². The van der Waals surface area contributed by atoms with Crippen molar-refractivity contribution in [1.82, 2.24) is 15.4 Å². The lowest BCUT2D eigenvalue weighted by atomic mass is 9.83. The minimum absolute atomic E-state index is 0.257. The predicted molar refractivity (Wildman–Crippen MR) is 149 cm³/mol. The number of halogens is 2. The van der Waals surface area contributed by atoms with Gasteiger partial charge in [0.15, 0.2) is 11.4 Å². The molecule has 2 heterocycles. The molecule has 0 atom stereocenters. The van der Waals surface area contributed by atoms with Crippen LogP contribution in [0.5, 0.6) is 0 Å². The van der Waals surface area contributed by atoms with Crippen molar-refractivity contribution in [2.45, 2.75) is 76.4 Å². The summed E-state index contributed by atoms with van der Waals surface area (Å²) in [6.45, 7) is 5.03. The number of piperazine rings is 1. The summed E-state index contributed by atoms with van der Waals surface area (Å²) < 4.78 is 10.9. The van der Waals surface area contributed by atoms with Gasteiger partial charge in [0, 0.05) is 51.8 Å². The number of aromatic nitrogens is 1. The van der Waals surface area contributed by atoms with Gasteiger partial charge >= 0.3 is 0 Å². The zero-order chi connectivity index (χ0) is 25.8. The average Bonchev–Trinajstić information content (AvgIpc) is 3.31. The van der Waals surface area contributed by atoms with Crippen molar-refractivity contribution in [2.24, 2.45) is 11.8 Å². The maximum atomic E-state index is 12.6. The van der Waals surface area contributed by atoms with Crippen molar-refractivity contribution in [3.63, 3.8) is 0 Å². The first-order chi connectivity index (χ1) is 18.0. The van der Waals surface area contributed by atoms with Crippen molar-refractivity contribution < 1.29 is 14.1 Å². The molecular formula is C28H40Cl2N4O3. The number of fused-ring (bicyclic) bond motifs is 1. The second-order valence-corrected chi connectivity index (χ2v) is 12.1. The molecule has 2 aromatic rings. The van der Waals surface area contributed by atoms with Crippen LogP contribution in [0.25, 0.3) is 11.0 Å². The number of methoxy groups -OCH3 is 1. The summed E-state index contributed by atoms with van der Waals surface area (Å²) in [6, 6.07) is 3.95. The van der Waals surface area contributed by atoms with Gasteiger partial charge in [-0.15, -0.1) is 0 Å². The molecule has 0 spiro atoms. The molecule has 2 saturated carbocycles. The van der Waals surface area contributed by atoms with E-state index in [0.29, 0.717) is 40.1 Å². The quantitative estimate of drug-likeness (QED) is 0.440. The molecule has 5 rings (SSSR count). The largest absolute Gasteiger partial charge is 0.381 e. The minimum Gasteiger partial charge on any atom is -0.381 e. The second kappa shape index (κ2) is 12.5. The van der Waals surface area contributed by atoms with Crippen molar-refractivity contribution in [1.29, 1.82) is 0 Å². The van der Waals surface area contributed by atoms with E-state index in [1.165, 1.54) is 19.3 Å². The van der Waals surface area contributed by atoms with Gasteiger partial charge in [0.05, 0.1) is 21.5 Å². The second-order valence-electron chi connectivity index (χ2n) is 11.3. The van der Waals surface area contributed by atoms with E-state index in [0.717, 1.165) is 88.4 Å². The number of rotatable bonds is 8. The zero-order valence-electron chi connectivity index (χ0n) is 21.9. The first-order valence-electron chi connectivity index (χ1n) is 14.0. The highest BCUT2D eigenvalue weighted by Crippen LogP contribution is 2.34. The summed E-state index contributed by atoms with van der Waals surface area (Å²) in [7, 11) is 1.80. The molecule has 1 saturated heterocycles. The van der Waals surface area contributed by atoms with E-state index in [1.807, 2.05) is 6.07 Å². The Bertz CT molecular complexity index is 1040. The lowest BCUT2D eigenvalue weighted by Gasteiger charge is -2.36. The van der Waals surface area contributed by atoms with Crippen molar-refractivity contribution >= 4 is 45.9 Å². The number of benzene rings is 1. The van der Waals surface area contributed by atoms with Gasteiger partial charge < -0.3 is 19.5 Å². The molecule has 0 unspecified atom stereocenters. The van der Waals surface area contributed by atoms with E-state index in [4.69, 9.17) is 32.5 Å². The molecule has 7 nitrogen and oxygen atoms in total. The molecule has 3 fully saturated rings. The molecule has 1 N–H and O–H groups in total. The molecule has 1 aromatic heterocycles. The summed E-state index contributed by atoms with van der Waals surface area (Å²) in [5.74, 6) is 2.41. The number of carbonyl (C=O) groups excluding carboxylic acids is 1. The molecule has 0 bridgehead atoms. The van der Waals surface area contributed by atoms with Gasteiger partial charge in [-0.3, -0.25) is 9.69 Å². The van der Waals surface area contributed by atoms with Crippen LogP contribution in [-0.2, 0) is 9.53 Å². The lowest BCUT2D eigenvalue weighted by molar-refractivity contribution is -0.123. The van der Waals surface area contributed by atoms with E-state index in [-0.39, 0.29) is 5.91 Å². The van der Waals surface area contributed by atoms with Crippen LogP contribution in [0, 0.1) is 11.8 Å². The Morgan fingerprint density at radius 3 is 2.38 bits per heavy atom. The van der Waals surface area contributed by atoms with Crippen LogP contribution in [0.15, 0.2) is 16.7 Å². The Morgan fingerprint density at radius 2 is 1.68 bits per heavy atom. The van der Waals surface area contributed by atoms with Crippen LogP contribution in [0.4, 0.5) is 5.82 Å². The van der Waals surface area contributed by atoms with Crippen LogP contribution in [0.1, 0.15) is 64.2 Å². The smallest absolute Gasteiger partial charge is 0.220 e. The monoisotopic (exact) mass is 550 g/mol. The van der Waals surface area contributed by atoms with E-state index < -0.39 is 0 Å². The molecule has 1 aliphatic heterocycles. The Morgan fingerprint density at radius 1 is 1.00 bits per heavy atom. The highest BCUT2D eigenvalue weighted by molar-refractivity contribution is 6.42. The third-order valence-corrected chi connectivity index (χ3v) is 9.55. The van der Waals surface area contributed by atoms with Crippen LogP contribution < -0.4 is 10.2 Å². The Kier molecular flexibility index (Phi) is 9.17. The summed E-state index contributed by atoms with van der Waals surface area (Å²) in [5.41, 5.74) is 0.674. The number of hydrogen-bond donors (Lipinski definition) is 1. The molecule has 204 valence electrons. The molecule has 37 heavy (non-hydrogen) atoms. The van der Waals surface area contributed by atoms with E-state index in [9.17, 15) is 4.79 Å². The normalized spacial score (nSPS) is 27.5. The molecule has 2 aliphatic carbocycles. The molecule has 1 amide bonds. The maximum absolute atomic E-state index is 12.6. The molecular weight excluding hydrogens is 511 g/mol. The standard InChI is InChI=1S/C28H40Cl2N4O3/c1-36-22-8-4-20(5-9-22)16-27(35)31-21-6-2-19(3-7-21)10-11-33-12-14-34(15-13-33)28-23-17-24(29)25(30)18-26(23)37-32-28/h17-22H,2-16H2,1H3,(H,31,35)/t19-,20-,21-,22-. The molecule has 9 heteroatoms. The number of hydrogen-bond acceptors (Lipinski definition) is 6. The fourth-order valence-corrected chi connectivity index (χ4v) is 6.73. The highest BCUT2D eigenvalue weighted by atomic mass is 35.5. The van der Waals surface area contributed by atoms with Gasteiger partial charge in [-0.05, 0) is 82.2 Å². The molecule has 0 radical (unpaired) electrons. The van der Waals surface area contributed by atoms with E-state index in [2.05, 4.69) is 20.3 Å². The van der Waals surface area contributed by atoms with E-state index >= 15 is 0 Å². The first-order valence-corrected chi connectivity index (χ1v) is 14.8. The Hall–Kier alpha value is -1.54. The van der Waals surface area contributed by atoms with Crippen LogP contribution in [0.2, 0.25) is 10.0 Å².